The molecule has 160 valence electrons. The van der Waals surface area contributed by atoms with E-state index in [1.54, 1.807) is 11.1 Å². The van der Waals surface area contributed by atoms with E-state index >= 15 is 0 Å². The standard InChI is InChI=1S/C21H33N5O3/c1-6-16-15(12-27)18(14-11-22-26(7-2)19(14)24-16)23-13-8-9-25(20(28)29)17(10-13)21(3,4)5/h11,13,17,27H,6-10,12H2,1-5H3,(H,23,24)(H,28,29). The number of aliphatic hydroxyl groups excluding tert-OH is 1. The van der Waals surface area contributed by atoms with Crippen molar-refractivity contribution in [3.8, 4) is 0 Å². The van der Waals surface area contributed by atoms with Gasteiger partial charge in [0.2, 0.25) is 0 Å². The third kappa shape index (κ3) is 4.03. The van der Waals surface area contributed by atoms with Gasteiger partial charge < -0.3 is 20.4 Å². The predicted octanol–water partition coefficient (Wildman–Crippen LogP) is 3.47. The number of carbonyl (C=O) groups is 1. The highest BCUT2D eigenvalue weighted by atomic mass is 16.4. The first-order valence-electron chi connectivity index (χ1n) is 10.4. The molecule has 8 nitrogen and oxygen atoms in total. The SMILES string of the molecule is CCc1nc2c(cnn2CC)c(NC2CCN(C(=O)O)C(C(C)(C)C)C2)c1CO. The van der Waals surface area contributed by atoms with Crippen LogP contribution in [0.2, 0.25) is 0 Å². The molecule has 29 heavy (non-hydrogen) atoms. The summed E-state index contributed by atoms with van der Waals surface area (Å²) in [4.78, 5) is 18.0. The smallest absolute Gasteiger partial charge is 0.407 e. The van der Waals surface area contributed by atoms with Gasteiger partial charge in [0.1, 0.15) is 0 Å². The molecular formula is C21H33N5O3. The monoisotopic (exact) mass is 403 g/mol. The van der Waals surface area contributed by atoms with Gasteiger partial charge in [0, 0.05) is 30.7 Å². The van der Waals surface area contributed by atoms with Crippen LogP contribution in [0.15, 0.2) is 6.20 Å². The van der Waals surface area contributed by atoms with Gasteiger partial charge in [-0.3, -0.25) is 0 Å². The first-order valence-corrected chi connectivity index (χ1v) is 10.4. The largest absolute Gasteiger partial charge is 0.465 e. The molecule has 0 spiro atoms. The van der Waals surface area contributed by atoms with Crippen molar-refractivity contribution in [3.05, 3.63) is 17.5 Å². The second-order valence-electron chi connectivity index (χ2n) is 8.84. The lowest BCUT2D eigenvalue weighted by Gasteiger charge is -2.45. The molecule has 0 radical (unpaired) electrons. The lowest BCUT2D eigenvalue weighted by atomic mass is 9.79. The Kier molecular flexibility index (Phi) is 6.03. The molecule has 0 aliphatic carbocycles. The van der Waals surface area contributed by atoms with Gasteiger partial charge in [-0.2, -0.15) is 5.10 Å². The Bertz CT molecular complexity index is 887. The predicted molar refractivity (Wildman–Crippen MR) is 113 cm³/mol. The molecule has 1 amide bonds. The Hall–Kier alpha value is -2.35. The van der Waals surface area contributed by atoms with Crippen LogP contribution in [0.5, 0.6) is 0 Å². The number of hydrogen-bond donors (Lipinski definition) is 3. The number of likely N-dealkylation sites (tertiary alicyclic amines) is 1. The molecule has 0 aromatic carbocycles. The van der Waals surface area contributed by atoms with Gasteiger partial charge in [0.05, 0.1) is 29.6 Å². The first-order chi connectivity index (χ1) is 13.7. The zero-order valence-electron chi connectivity index (χ0n) is 18.1. The number of nitrogens with one attached hydrogen (secondary N) is 1. The van der Waals surface area contributed by atoms with Crippen molar-refractivity contribution >= 4 is 22.8 Å². The number of piperidine rings is 1. The van der Waals surface area contributed by atoms with Crippen LogP contribution in [0, 0.1) is 5.41 Å². The van der Waals surface area contributed by atoms with Gasteiger partial charge in [-0.15, -0.1) is 0 Å². The van der Waals surface area contributed by atoms with Crippen molar-refractivity contribution < 1.29 is 15.0 Å². The summed E-state index contributed by atoms with van der Waals surface area (Å²) in [6.45, 7) is 11.4. The van der Waals surface area contributed by atoms with Crippen molar-refractivity contribution in [2.75, 3.05) is 11.9 Å². The van der Waals surface area contributed by atoms with E-state index in [1.807, 2.05) is 18.5 Å². The molecule has 1 fully saturated rings. The Morgan fingerprint density at radius 3 is 2.62 bits per heavy atom. The highest BCUT2D eigenvalue weighted by molar-refractivity contribution is 5.91. The van der Waals surface area contributed by atoms with Crippen LogP contribution >= 0.6 is 0 Å². The summed E-state index contributed by atoms with van der Waals surface area (Å²) >= 11 is 0. The van der Waals surface area contributed by atoms with Crippen LogP contribution in [-0.2, 0) is 19.6 Å². The minimum atomic E-state index is -0.858. The van der Waals surface area contributed by atoms with Gasteiger partial charge in [-0.1, -0.05) is 27.7 Å². The van der Waals surface area contributed by atoms with E-state index in [1.165, 1.54) is 0 Å². The van der Waals surface area contributed by atoms with Gasteiger partial charge in [0.15, 0.2) is 5.65 Å². The molecule has 8 heteroatoms. The molecule has 1 aliphatic rings. The molecule has 0 bridgehead atoms. The van der Waals surface area contributed by atoms with Crippen molar-refractivity contribution in [3.63, 3.8) is 0 Å². The third-order valence-corrected chi connectivity index (χ3v) is 5.96. The van der Waals surface area contributed by atoms with Gasteiger partial charge in [-0.25, -0.2) is 14.5 Å². The van der Waals surface area contributed by atoms with Crippen molar-refractivity contribution in [1.82, 2.24) is 19.7 Å². The topological polar surface area (TPSA) is 104 Å². The van der Waals surface area contributed by atoms with Crippen LogP contribution in [0.3, 0.4) is 0 Å². The lowest BCUT2D eigenvalue weighted by molar-refractivity contribution is 0.0557. The first kappa shape index (κ1) is 21.4. The minimum Gasteiger partial charge on any atom is -0.465 e. The molecular weight excluding hydrogens is 370 g/mol. The number of carboxylic acid groups (broad SMARTS) is 1. The van der Waals surface area contributed by atoms with Gasteiger partial charge in [0.25, 0.3) is 0 Å². The molecule has 3 rings (SSSR count). The molecule has 1 aliphatic heterocycles. The van der Waals surface area contributed by atoms with E-state index in [9.17, 15) is 15.0 Å². The lowest BCUT2D eigenvalue weighted by Crippen LogP contribution is -2.54. The quantitative estimate of drug-likeness (QED) is 0.706. The minimum absolute atomic E-state index is 0.0786. The number of rotatable bonds is 5. The van der Waals surface area contributed by atoms with E-state index in [0.29, 0.717) is 13.0 Å². The molecule has 3 heterocycles. The summed E-state index contributed by atoms with van der Waals surface area (Å²) < 4.78 is 1.87. The van der Waals surface area contributed by atoms with Crippen LogP contribution in [0.1, 0.15) is 58.7 Å². The maximum atomic E-state index is 11.7. The van der Waals surface area contributed by atoms with Crippen molar-refractivity contribution in [2.24, 2.45) is 5.41 Å². The fraction of sp³-hybridized carbons (Fsp3) is 0.667. The molecule has 1 saturated heterocycles. The summed E-state index contributed by atoms with van der Waals surface area (Å²) in [5.74, 6) is 0. The number of pyridine rings is 1. The number of fused-ring (bicyclic) bond motifs is 1. The summed E-state index contributed by atoms with van der Waals surface area (Å²) in [5, 5.41) is 28.7. The number of aromatic nitrogens is 3. The normalized spacial score (nSPS) is 20.3. The number of aryl methyl sites for hydroxylation is 2. The number of nitrogens with zero attached hydrogens (tertiary/aromatic N) is 4. The Morgan fingerprint density at radius 1 is 1.34 bits per heavy atom. The van der Waals surface area contributed by atoms with Gasteiger partial charge in [-0.05, 0) is 31.6 Å². The number of hydrogen-bond acceptors (Lipinski definition) is 5. The van der Waals surface area contributed by atoms with E-state index < -0.39 is 6.09 Å². The average molecular weight is 404 g/mol. The summed E-state index contributed by atoms with van der Waals surface area (Å²) in [6.07, 6.45) is 3.10. The zero-order valence-corrected chi connectivity index (χ0v) is 18.1. The number of aliphatic hydroxyl groups is 1. The fourth-order valence-corrected chi connectivity index (χ4v) is 4.38. The molecule has 0 saturated carbocycles. The van der Waals surface area contributed by atoms with E-state index in [0.717, 1.165) is 47.4 Å². The highest BCUT2D eigenvalue weighted by Crippen LogP contribution is 2.36. The van der Waals surface area contributed by atoms with Crippen LogP contribution in [-0.4, -0.2) is 54.6 Å². The number of amides is 1. The third-order valence-electron chi connectivity index (χ3n) is 5.96. The van der Waals surface area contributed by atoms with Crippen LogP contribution in [0.4, 0.5) is 10.5 Å². The second kappa shape index (κ2) is 8.18. The Morgan fingerprint density at radius 2 is 2.07 bits per heavy atom. The van der Waals surface area contributed by atoms with Crippen LogP contribution < -0.4 is 5.32 Å². The van der Waals surface area contributed by atoms with E-state index in [-0.39, 0.29) is 24.1 Å². The zero-order chi connectivity index (χ0) is 21.3. The molecule has 2 aromatic rings. The summed E-state index contributed by atoms with van der Waals surface area (Å²) in [7, 11) is 0. The second-order valence-corrected chi connectivity index (χ2v) is 8.84. The number of anilines is 1. The summed E-state index contributed by atoms with van der Waals surface area (Å²) in [5.41, 5.74) is 3.22. The van der Waals surface area contributed by atoms with E-state index in [4.69, 9.17) is 4.98 Å². The molecule has 3 N–H and O–H groups in total. The van der Waals surface area contributed by atoms with E-state index in [2.05, 4.69) is 31.2 Å². The highest BCUT2D eigenvalue weighted by Gasteiger charge is 2.39. The molecule has 2 atom stereocenters. The fourth-order valence-electron chi connectivity index (χ4n) is 4.38. The maximum absolute atomic E-state index is 11.7. The van der Waals surface area contributed by atoms with Crippen molar-refractivity contribution in [1.29, 1.82) is 0 Å². The average Bonchev–Trinajstić information content (AvgIpc) is 3.09. The molecule has 2 aromatic heterocycles. The summed E-state index contributed by atoms with van der Waals surface area (Å²) in [6, 6.07) is 0.0329. The Balaban J connectivity index is 1.99. The molecule has 2 unspecified atom stereocenters. The van der Waals surface area contributed by atoms with Gasteiger partial charge >= 0.3 is 6.09 Å². The van der Waals surface area contributed by atoms with Crippen molar-refractivity contribution in [2.45, 2.75) is 79.1 Å². The van der Waals surface area contributed by atoms with Crippen LogP contribution in [0.25, 0.3) is 11.0 Å². The maximum Gasteiger partial charge on any atom is 0.407 e. The Labute approximate surface area is 171 Å².